The molecule has 2 aromatic rings. The van der Waals surface area contributed by atoms with Crippen LogP contribution in [0, 0.1) is 0 Å². The van der Waals surface area contributed by atoms with Gasteiger partial charge in [-0.3, -0.25) is 9.78 Å². The number of nitrogen functional groups attached to an aromatic ring is 1. The van der Waals surface area contributed by atoms with Crippen molar-refractivity contribution in [1.29, 1.82) is 0 Å². The lowest BCUT2D eigenvalue weighted by molar-refractivity contribution is 0.102. The zero-order chi connectivity index (χ0) is 13.1. The summed E-state index contributed by atoms with van der Waals surface area (Å²) in [7, 11) is 0. The van der Waals surface area contributed by atoms with Gasteiger partial charge in [-0.25, -0.2) is 0 Å². The van der Waals surface area contributed by atoms with Crippen LogP contribution < -0.4 is 11.1 Å². The number of nitrogens with zero attached hydrogens (tertiary/aromatic N) is 1. The zero-order valence-corrected chi connectivity index (χ0v) is 10.7. The number of benzene rings is 1. The second-order valence-electron chi connectivity index (χ2n) is 3.55. The molecule has 0 aliphatic heterocycles. The van der Waals surface area contributed by atoms with Gasteiger partial charge in [0, 0.05) is 23.8 Å². The van der Waals surface area contributed by atoms with Gasteiger partial charge < -0.3 is 11.1 Å². The molecule has 92 valence electrons. The van der Waals surface area contributed by atoms with E-state index in [0.717, 1.165) is 0 Å². The molecule has 2 rings (SSSR count). The smallest absolute Gasteiger partial charge is 0.258 e. The first-order valence-corrected chi connectivity index (χ1v) is 5.79. The standard InChI is InChI=1S/C12H9Cl2N3O/c13-9-5-7(15)6-10(14)11(9)12(18)17-8-1-3-16-4-2-8/h1-6H,15H2,(H,16,17,18). The molecule has 0 saturated heterocycles. The first-order chi connectivity index (χ1) is 8.58. The molecule has 0 saturated carbocycles. The van der Waals surface area contributed by atoms with Crippen molar-refractivity contribution >= 4 is 40.5 Å². The van der Waals surface area contributed by atoms with Crippen LogP contribution in [0.2, 0.25) is 10.0 Å². The fraction of sp³-hybridized carbons (Fsp3) is 0. The summed E-state index contributed by atoms with van der Waals surface area (Å²) in [5.41, 5.74) is 6.79. The van der Waals surface area contributed by atoms with Crippen molar-refractivity contribution in [3.63, 3.8) is 0 Å². The molecule has 1 aromatic heterocycles. The SMILES string of the molecule is Nc1cc(Cl)c(C(=O)Nc2ccncc2)c(Cl)c1. The highest BCUT2D eigenvalue weighted by Crippen LogP contribution is 2.28. The lowest BCUT2D eigenvalue weighted by Crippen LogP contribution is -2.13. The minimum absolute atomic E-state index is 0.198. The summed E-state index contributed by atoms with van der Waals surface area (Å²) in [6, 6.07) is 6.29. The van der Waals surface area contributed by atoms with Crippen LogP contribution in [0.5, 0.6) is 0 Å². The Kier molecular flexibility index (Phi) is 3.69. The van der Waals surface area contributed by atoms with Crippen LogP contribution in [0.15, 0.2) is 36.7 Å². The van der Waals surface area contributed by atoms with Crippen molar-refractivity contribution in [2.75, 3.05) is 11.1 Å². The monoisotopic (exact) mass is 281 g/mol. The van der Waals surface area contributed by atoms with E-state index in [1.165, 1.54) is 12.1 Å². The van der Waals surface area contributed by atoms with E-state index < -0.39 is 5.91 Å². The third-order valence-corrected chi connectivity index (χ3v) is 2.83. The second kappa shape index (κ2) is 5.25. The molecule has 0 radical (unpaired) electrons. The van der Waals surface area contributed by atoms with Gasteiger partial charge in [0.05, 0.1) is 15.6 Å². The molecule has 1 amide bonds. The van der Waals surface area contributed by atoms with Gasteiger partial charge in [0.1, 0.15) is 0 Å². The number of pyridine rings is 1. The summed E-state index contributed by atoms with van der Waals surface area (Å²) in [5, 5.41) is 3.10. The Balaban J connectivity index is 2.30. The van der Waals surface area contributed by atoms with E-state index in [-0.39, 0.29) is 15.6 Å². The van der Waals surface area contributed by atoms with Crippen molar-refractivity contribution in [3.8, 4) is 0 Å². The molecule has 18 heavy (non-hydrogen) atoms. The number of aromatic nitrogens is 1. The first kappa shape index (κ1) is 12.7. The third kappa shape index (κ3) is 2.72. The summed E-state index contributed by atoms with van der Waals surface area (Å²) in [6.45, 7) is 0. The quantitative estimate of drug-likeness (QED) is 0.831. The van der Waals surface area contributed by atoms with Gasteiger partial charge >= 0.3 is 0 Å². The van der Waals surface area contributed by atoms with E-state index in [1.807, 2.05) is 0 Å². The minimum Gasteiger partial charge on any atom is -0.399 e. The van der Waals surface area contributed by atoms with Gasteiger partial charge in [-0.05, 0) is 24.3 Å². The maximum atomic E-state index is 12.0. The number of carbonyl (C=O) groups excluding carboxylic acids is 1. The van der Waals surface area contributed by atoms with Crippen molar-refractivity contribution in [2.24, 2.45) is 0 Å². The van der Waals surface area contributed by atoms with Crippen LogP contribution >= 0.6 is 23.2 Å². The Labute approximate surface area is 114 Å². The highest BCUT2D eigenvalue weighted by molar-refractivity contribution is 6.40. The highest BCUT2D eigenvalue weighted by Gasteiger charge is 2.15. The Bertz CT molecular complexity index is 564. The molecule has 0 fully saturated rings. The number of hydrogen-bond donors (Lipinski definition) is 2. The maximum absolute atomic E-state index is 12.0. The zero-order valence-electron chi connectivity index (χ0n) is 9.15. The van der Waals surface area contributed by atoms with Gasteiger partial charge in [0.15, 0.2) is 0 Å². The Morgan fingerprint density at radius 2 is 1.72 bits per heavy atom. The largest absolute Gasteiger partial charge is 0.399 e. The van der Waals surface area contributed by atoms with Crippen molar-refractivity contribution in [3.05, 3.63) is 52.3 Å². The van der Waals surface area contributed by atoms with E-state index >= 15 is 0 Å². The number of anilines is 2. The average molecular weight is 282 g/mol. The van der Waals surface area contributed by atoms with Gasteiger partial charge in [-0.15, -0.1) is 0 Å². The van der Waals surface area contributed by atoms with Crippen LogP contribution in [0.25, 0.3) is 0 Å². The van der Waals surface area contributed by atoms with E-state index in [9.17, 15) is 4.79 Å². The maximum Gasteiger partial charge on any atom is 0.258 e. The number of nitrogens with two attached hydrogens (primary N) is 1. The summed E-state index contributed by atoms with van der Waals surface area (Å²) >= 11 is 11.9. The predicted molar refractivity (Wildman–Crippen MR) is 73.1 cm³/mol. The fourth-order valence-electron chi connectivity index (χ4n) is 1.44. The fourth-order valence-corrected chi connectivity index (χ4v) is 2.11. The molecule has 6 heteroatoms. The summed E-state index contributed by atoms with van der Waals surface area (Å²) < 4.78 is 0. The van der Waals surface area contributed by atoms with Crippen molar-refractivity contribution in [2.45, 2.75) is 0 Å². The molecule has 0 aliphatic carbocycles. The van der Waals surface area contributed by atoms with E-state index in [4.69, 9.17) is 28.9 Å². The molecule has 0 aliphatic rings. The average Bonchev–Trinajstić information content (AvgIpc) is 2.28. The molecule has 0 bridgehead atoms. The lowest BCUT2D eigenvalue weighted by Gasteiger charge is -2.09. The van der Waals surface area contributed by atoms with E-state index in [2.05, 4.69) is 10.3 Å². The molecule has 4 nitrogen and oxygen atoms in total. The summed E-state index contributed by atoms with van der Waals surface area (Å²) in [6.07, 6.45) is 3.14. The van der Waals surface area contributed by atoms with Crippen LogP contribution in [-0.2, 0) is 0 Å². The molecular weight excluding hydrogens is 273 g/mol. The van der Waals surface area contributed by atoms with Gasteiger partial charge in [0.25, 0.3) is 5.91 Å². The van der Waals surface area contributed by atoms with Crippen LogP contribution in [0.1, 0.15) is 10.4 Å². The molecular formula is C12H9Cl2N3O. The lowest BCUT2D eigenvalue weighted by atomic mass is 10.2. The number of carbonyl (C=O) groups is 1. The normalized spacial score (nSPS) is 10.1. The molecule has 1 aromatic carbocycles. The van der Waals surface area contributed by atoms with Gasteiger partial charge in [-0.2, -0.15) is 0 Å². The first-order valence-electron chi connectivity index (χ1n) is 5.04. The topological polar surface area (TPSA) is 68.0 Å². The molecule has 1 heterocycles. The van der Waals surface area contributed by atoms with Gasteiger partial charge in [0.2, 0.25) is 0 Å². The molecule has 3 N–H and O–H groups in total. The molecule has 0 atom stereocenters. The number of rotatable bonds is 2. The van der Waals surface area contributed by atoms with Crippen molar-refractivity contribution < 1.29 is 4.79 Å². The Morgan fingerprint density at radius 3 is 2.28 bits per heavy atom. The third-order valence-electron chi connectivity index (χ3n) is 2.23. The highest BCUT2D eigenvalue weighted by atomic mass is 35.5. The van der Waals surface area contributed by atoms with Crippen LogP contribution in [-0.4, -0.2) is 10.9 Å². The van der Waals surface area contributed by atoms with Crippen LogP contribution in [0.4, 0.5) is 11.4 Å². The number of halogens is 2. The number of hydrogen-bond acceptors (Lipinski definition) is 3. The van der Waals surface area contributed by atoms with E-state index in [0.29, 0.717) is 11.4 Å². The molecule has 0 unspecified atom stereocenters. The summed E-state index contributed by atoms with van der Waals surface area (Å²) in [5.74, 6) is -0.392. The van der Waals surface area contributed by atoms with Crippen molar-refractivity contribution in [1.82, 2.24) is 4.98 Å². The minimum atomic E-state index is -0.392. The number of amides is 1. The molecule has 0 spiro atoms. The van der Waals surface area contributed by atoms with Gasteiger partial charge in [-0.1, -0.05) is 23.2 Å². The second-order valence-corrected chi connectivity index (χ2v) is 4.36. The number of nitrogens with one attached hydrogen (secondary N) is 1. The predicted octanol–water partition coefficient (Wildman–Crippen LogP) is 3.22. The van der Waals surface area contributed by atoms with E-state index in [1.54, 1.807) is 24.5 Å². The Hall–Kier alpha value is -1.78. The Morgan fingerprint density at radius 1 is 1.17 bits per heavy atom. The summed E-state index contributed by atoms with van der Waals surface area (Å²) in [4.78, 5) is 15.9. The van der Waals surface area contributed by atoms with Crippen LogP contribution in [0.3, 0.4) is 0 Å².